The quantitative estimate of drug-likeness (QED) is 0.150. The van der Waals surface area contributed by atoms with Crippen LogP contribution in [0.4, 0.5) is 11.4 Å². The van der Waals surface area contributed by atoms with Gasteiger partial charge in [-0.1, -0.05) is 74.5 Å². The molecule has 0 fully saturated rings. The maximum absolute atomic E-state index is 9.98. The Morgan fingerprint density at radius 3 is 1.28 bits per heavy atom. The van der Waals surface area contributed by atoms with E-state index in [1.807, 2.05) is 97.1 Å². The standard InChI is InChI=1S/C41H34N2O4/c1-41(2,31-17-21-35(22-18-31)46-37-13-7-11-33(25-37)42-27-29-9-3-5-15-39(29)44)32-19-23-36(24-20-32)47-38-14-8-12-34(26-38)43-28-30-10-4-6-16-40(30)45/h3-28,44-45H,1-2H3. The minimum atomic E-state index is -0.258. The fraction of sp³-hybridized carbons (Fsp3) is 0.0732. The first kappa shape index (κ1) is 30.9. The van der Waals surface area contributed by atoms with Crippen LogP contribution in [0.25, 0.3) is 0 Å². The van der Waals surface area contributed by atoms with Crippen LogP contribution >= 0.6 is 0 Å². The summed E-state index contributed by atoms with van der Waals surface area (Å²) in [6, 6.07) is 45.4. The summed E-state index contributed by atoms with van der Waals surface area (Å²) in [5.41, 5.74) is 4.79. The van der Waals surface area contributed by atoms with Gasteiger partial charge in [-0.05, 0) is 83.9 Å². The molecule has 0 aromatic heterocycles. The van der Waals surface area contributed by atoms with E-state index in [1.165, 1.54) is 0 Å². The summed E-state index contributed by atoms with van der Waals surface area (Å²) < 4.78 is 12.3. The van der Waals surface area contributed by atoms with E-state index in [0.717, 1.165) is 34.0 Å². The molecule has 0 heterocycles. The molecule has 0 spiro atoms. The van der Waals surface area contributed by atoms with Crippen LogP contribution in [0.2, 0.25) is 0 Å². The van der Waals surface area contributed by atoms with Crippen molar-refractivity contribution in [2.24, 2.45) is 9.98 Å². The highest BCUT2D eigenvalue weighted by molar-refractivity contribution is 5.86. The fourth-order valence-corrected chi connectivity index (χ4v) is 5.05. The van der Waals surface area contributed by atoms with E-state index in [1.54, 1.807) is 36.7 Å². The molecule has 0 aliphatic heterocycles. The Balaban J connectivity index is 1.09. The lowest BCUT2D eigenvalue weighted by Gasteiger charge is -2.26. The Bertz CT molecular complexity index is 1880. The third-order valence-electron chi connectivity index (χ3n) is 7.84. The topological polar surface area (TPSA) is 83.6 Å². The second-order valence-corrected chi connectivity index (χ2v) is 11.5. The van der Waals surface area contributed by atoms with Gasteiger partial charge < -0.3 is 19.7 Å². The first-order valence-corrected chi connectivity index (χ1v) is 15.2. The van der Waals surface area contributed by atoms with Crippen molar-refractivity contribution >= 4 is 23.8 Å². The molecule has 6 nitrogen and oxygen atoms in total. The van der Waals surface area contributed by atoms with Gasteiger partial charge in [-0.3, -0.25) is 9.98 Å². The van der Waals surface area contributed by atoms with Crippen molar-refractivity contribution in [3.63, 3.8) is 0 Å². The van der Waals surface area contributed by atoms with Gasteiger partial charge in [0, 0.05) is 41.1 Å². The Hall–Kier alpha value is -6.14. The summed E-state index contributed by atoms with van der Waals surface area (Å²) in [6.45, 7) is 4.38. The molecule has 232 valence electrons. The first-order chi connectivity index (χ1) is 22.8. The minimum absolute atomic E-state index is 0.186. The number of aromatic hydroxyl groups is 2. The van der Waals surface area contributed by atoms with E-state index < -0.39 is 0 Å². The van der Waals surface area contributed by atoms with Crippen molar-refractivity contribution in [2.75, 3.05) is 0 Å². The lowest BCUT2D eigenvalue weighted by molar-refractivity contribution is 0.474. The normalized spacial score (nSPS) is 11.6. The van der Waals surface area contributed by atoms with E-state index >= 15 is 0 Å². The average Bonchev–Trinajstić information content (AvgIpc) is 3.08. The van der Waals surface area contributed by atoms with Gasteiger partial charge in [0.1, 0.15) is 34.5 Å². The number of para-hydroxylation sites is 2. The second kappa shape index (κ2) is 13.9. The van der Waals surface area contributed by atoms with Crippen molar-refractivity contribution < 1.29 is 19.7 Å². The van der Waals surface area contributed by atoms with Crippen LogP contribution in [0.1, 0.15) is 36.1 Å². The molecule has 0 saturated carbocycles. The fourth-order valence-electron chi connectivity index (χ4n) is 5.05. The lowest BCUT2D eigenvalue weighted by Crippen LogP contribution is -2.18. The van der Waals surface area contributed by atoms with E-state index in [2.05, 4.69) is 48.1 Å². The van der Waals surface area contributed by atoms with Crippen LogP contribution in [0.15, 0.2) is 156 Å². The van der Waals surface area contributed by atoms with Gasteiger partial charge in [0.15, 0.2) is 0 Å². The van der Waals surface area contributed by atoms with E-state index in [0.29, 0.717) is 22.6 Å². The zero-order valence-electron chi connectivity index (χ0n) is 26.1. The van der Waals surface area contributed by atoms with Gasteiger partial charge in [-0.15, -0.1) is 0 Å². The number of ether oxygens (including phenoxy) is 2. The Morgan fingerprint density at radius 2 is 0.872 bits per heavy atom. The molecule has 2 N–H and O–H groups in total. The van der Waals surface area contributed by atoms with E-state index in [-0.39, 0.29) is 16.9 Å². The number of nitrogens with zero attached hydrogens (tertiary/aromatic N) is 2. The summed E-state index contributed by atoms with van der Waals surface area (Å²) >= 11 is 0. The highest BCUT2D eigenvalue weighted by Gasteiger charge is 2.23. The zero-order chi connectivity index (χ0) is 32.6. The van der Waals surface area contributed by atoms with Crippen LogP contribution in [0, 0.1) is 0 Å². The number of benzene rings is 6. The molecule has 6 rings (SSSR count). The highest BCUT2D eigenvalue weighted by Crippen LogP contribution is 2.35. The number of phenolic OH excluding ortho intramolecular Hbond substituents is 2. The van der Waals surface area contributed by atoms with E-state index in [9.17, 15) is 10.2 Å². The van der Waals surface area contributed by atoms with Crippen molar-refractivity contribution in [3.05, 3.63) is 168 Å². The molecule has 0 atom stereocenters. The molecule has 0 amide bonds. The van der Waals surface area contributed by atoms with Crippen LogP contribution in [-0.4, -0.2) is 22.6 Å². The first-order valence-electron chi connectivity index (χ1n) is 15.2. The molecular weight excluding hydrogens is 584 g/mol. The van der Waals surface area contributed by atoms with Crippen LogP contribution in [0.5, 0.6) is 34.5 Å². The van der Waals surface area contributed by atoms with Gasteiger partial charge in [-0.2, -0.15) is 0 Å². The minimum Gasteiger partial charge on any atom is -0.507 e. The summed E-state index contributed by atoms with van der Waals surface area (Å²) in [5, 5.41) is 20.0. The van der Waals surface area contributed by atoms with Gasteiger partial charge >= 0.3 is 0 Å². The molecule has 6 aromatic carbocycles. The third-order valence-corrected chi connectivity index (χ3v) is 7.84. The Kier molecular flexibility index (Phi) is 9.11. The van der Waals surface area contributed by atoms with Gasteiger partial charge in [-0.25, -0.2) is 0 Å². The maximum Gasteiger partial charge on any atom is 0.129 e. The molecule has 0 unspecified atom stereocenters. The smallest absolute Gasteiger partial charge is 0.129 e. The number of rotatable bonds is 10. The summed E-state index contributed by atoms with van der Waals surface area (Å²) in [5.74, 6) is 3.17. The van der Waals surface area contributed by atoms with E-state index in [4.69, 9.17) is 9.47 Å². The predicted octanol–water partition coefficient (Wildman–Crippen LogP) is 10.5. The molecule has 0 bridgehead atoms. The van der Waals surface area contributed by atoms with Crippen molar-refractivity contribution in [1.29, 1.82) is 0 Å². The number of phenols is 2. The average molecular weight is 619 g/mol. The number of hydrogen-bond donors (Lipinski definition) is 2. The van der Waals surface area contributed by atoms with Crippen LogP contribution in [-0.2, 0) is 5.41 Å². The van der Waals surface area contributed by atoms with Gasteiger partial charge in [0.2, 0.25) is 0 Å². The Morgan fingerprint density at radius 1 is 0.468 bits per heavy atom. The van der Waals surface area contributed by atoms with Crippen molar-refractivity contribution in [2.45, 2.75) is 19.3 Å². The van der Waals surface area contributed by atoms with Gasteiger partial charge in [0.05, 0.1) is 11.4 Å². The molecule has 6 aromatic rings. The Labute approximate surface area is 274 Å². The highest BCUT2D eigenvalue weighted by atomic mass is 16.5. The molecule has 6 heteroatoms. The lowest BCUT2D eigenvalue weighted by atomic mass is 9.78. The summed E-state index contributed by atoms with van der Waals surface area (Å²) in [7, 11) is 0. The van der Waals surface area contributed by atoms with Crippen LogP contribution < -0.4 is 9.47 Å². The molecule has 47 heavy (non-hydrogen) atoms. The molecule has 0 aliphatic carbocycles. The predicted molar refractivity (Wildman–Crippen MR) is 189 cm³/mol. The summed E-state index contributed by atoms with van der Waals surface area (Å²) in [4.78, 5) is 8.97. The largest absolute Gasteiger partial charge is 0.507 e. The number of aliphatic imine (C=N–C) groups is 2. The monoisotopic (exact) mass is 618 g/mol. The molecule has 0 radical (unpaired) electrons. The maximum atomic E-state index is 9.98. The van der Waals surface area contributed by atoms with Crippen molar-refractivity contribution in [1.82, 2.24) is 0 Å². The third kappa shape index (κ3) is 7.75. The van der Waals surface area contributed by atoms with Gasteiger partial charge in [0.25, 0.3) is 0 Å². The SMILES string of the molecule is CC(C)(c1ccc(Oc2cccc(N=Cc3ccccc3O)c2)cc1)c1ccc(Oc2cccc(N=Cc3ccccc3O)c2)cc1. The second-order valence-electron chi connectivity index (χ2n) is 11.5. The number of hydrogen-bond acceptors (Lipinski definition) is 6. The molecule has 0 aliphatic rings. The summed E-state index contributed by atoms with van der Waals surface area (Å²) in [6.07, 6.45) is 3.27. The van der Waals surface area contributed by atoms with Crippen LogP contribution in [0.3, 0.4) is 0 Å². The molecule has 0 saturated heterocycles. The molecular formula is C41H34N2O4. The van der Waals surface area contributed by atoms with Crippen molar-refractivity contribution in [3.8, 4) is 34.5 Å². The zero-order valence-corrected chi connectivity index (χ0v) is 26.1.